The van der Waals surface area contributed by atoms with Crippen molar-refractivity contribution in [3.05, 3.63) is 75.5 Å². The molecule has 154 valence electrons. The minimum absolute atomic E-state index is 0.125. The van der Waals surface area contributed by atoms with Crippen LogP contribution in [0.4, 0.5) is 0 Å². The van der Waals surface area contributed by atoms with Crippen molar-refractivity contribution in [3.63, 3.8) is 0 Å². The summed E-state index contributed by atoms with van der Waals surface area (Å²) in [6.07, 6.45) is 0.821. The van der Waals surface area contributed by atoms with Gasteiger partial charge in [0.25, 0.3) is 5.91 Å². The smallest absolute Gasteiger partial charge is 0.284 e. The number of carbonyl (C=O) groups is 1. The molecule has 0 fully saturated rings. The summed E-state index contributed by atoms with van der Waals surface area (Å²) >= 11 is 12.5. The van der Waals surface area contributed by atoms with Crippen LogP contribution in [0.25, 0.3) is 5.69 Å². The van der Waals surface area contributed by atoms with Crippen LogP contribution >= 0.6 is 23.2 Å². The number of nitrogens with one attached hydrogen (secondary N) is 1. The van der Waals surface area contributed by atoms with Crippen molar-refractivity contribution < 1.29 is 14.3 Å². The highest BCUT2D eigenvalue weighted by Gasteiger charge is 2.27. The number of nitrogens with zero attached hydrogens (tertiary/aromatic N) is 2. The summed E-state index contributed by atoms with van der Waals surface area (Å²) < 4.78 is 13.2. The number of fused-ring (bicyclic) bond motifs is 1. The third kappa shape index (κ3) is 4.01. The molecule has 1 aliphatic rings. The largest absolute Gasteiger partial charge is 0.485 e. The van der Waals surface area contributed by atoms with E-state index in [1.54, 1.807) is 30.5 Å². The molecule has 1 atom stereocenters. The number of hydrogen-bond acceptors (Lipinski definition) is 4. The number of hydrogen-bond donors (Lipinski definition) is 1. The highest BCUT2D eigenvalue weighted by atomic mass is 35.5. The number of carbonyl (C=O) groups excluding carboxylic acids is 1. The minimum atomic E-state index is -0.769. The Bertz CT molecular complexity index is 1140. The average Bonchev–Trinajstić information content (AvgIpc) is 3.02. The predicted octanol–water partition coefficient (Wildman–Crippen LogP) is 4.69. The van der Waals surface area contributed by atoms with Crippen LogP contribution in [-0.4, -0.2) is 29.4 Å². The first-order chi connectivity index (χ1) is 14.4. The van der Waals surface area contributed by atoms with Gasteiger partial charge in [-0.1, -0.05) is 35.3 Å². The van der Waals surface area contributed by atoms with Gasteiger partial charge in [0.2, 0.25) is 6.10 Å². The first-order valence-corrected chi connectivity index (χ1v) is 10.1. The Morgan fingerprint density at radius 3 is 2.73 bits per heavy atom. The number of benzene rings is 2. The van der Waals surface area contributed by atoms with E-state index in [9.17, 15) is 4.79 Å². The summed E-state index contributed by atoms with van der Waals surface area (Å²) in [6.45, 7) is 4.04. The van der Waals surface area contributed by atoms with Gasteiger partial charge in [0.1, 0.15) is 6.61 Å². The van der Waals surface area contributed by atoms with Gasteiger partial charge in [0.05, 0.1) is 16.9 Å². The molecule has 1 aliphatic heterocycles. The molecule has 0 radical (unpaired) electrons. The molecular formula is C22H19Cl2N3O3. The third-order valence-corrected chi connectivity index (χ3v) is 5.35. The van der Waals surface area contributed by atoms with Gasteiger partial charge in [-0.05, 0) is 50.2 Å². The molecule has 4 rings (SSSR count). The Balaban J connectivity index is 1.48. The second-order valence-corrected chi connectivity index (χ2v) is 7.70. The Kier molecular flexibility index (Phi) is 5.70. The SMILES string of the molecule is Cc1cc(/C=N\NC(=O)[C@H]2COc3ccccc3O2)c(C)n1-c1cc(Cl)ccc1Cl. The zero-order chi connectivity index (χ0) is 21.3. The van der Waals surface area contributed by atoms with E-state index in [2.05, 4.69) is 10.5 Å². The van der Waals surface area contributed by atoms with Gasteiger partial charge >= 0.3 is 0 Å². The van der Waals surface area contributed by atoms with E-state index in [1.807, 2.05) is 42.7 Å². The molecule has 6 nitrogen and oxygen atoms in total. The van der Waals surface area contributed by atoms with Crippen LogP contribution in [0, 0.1) is 13.8 Å². The third-order valence-electron chi connectivity index (χ3n) is 4.80. The zero-order valence-electron chi connectivity index (χ0n) is 16.4. The van der Waals surface area contributed by atoms with Crippen LogP contribution in [0.5, 0.6) is 11.5 Å². The van der Waals surface area contributed by atoms with Crippen molar-refractivity contribution in [2.24, 2.45) is 5.10 Å². The lowest BCUT2D eigenvalue weighted by atomic mass is 10.2. The molecule has 0 saturated carbocycles. The summed E-state index contributed by atoms with van der Waals surface area (Å²) in [4.78, 5) is 12.4. The van der Waals surface area contributed by atoms with Crippen molar-refractivity contribution in [2.45, 2.75) is 20.0 Å². The molecule has 1 amide bonds. The second kappa shape index (κ2) is 8.42. The number of hydrazone groups is 1. The normalized spacial score (nSPS) is 15.4. The van der Waals surface area contributed by atoms with Gasteiger partial charge in [-0.3, -0.25) is 4.79 Å². The van der Waals surface area contributed by atoms with Crippen molar-refractivity contribution in [1.82, 2.24) is 9.99 Å². The first kappa shape index (κ1) is 20.3. The molecule has 3 aromatic rings. The molecule has 2 aromatic carbocycles. The molecule has 0 bridgehead atoms. The topological polar surface area (TPSA) is 64.8 Å². The molecule has 1 aromatic heterocycles. The van der Waals surface area contributed by atoms with Gasteiger partial charge in [-0.2, -0.15) is 5.10 Å². The zero-order valence-corrected chi connectivity index (χ0v) is 17.9. The Hall–Kier alpha value is -2.96. The molecule has 0 unspecified atom stereocenters. The summed E-state index contributed by atoms with van der Waals surface area (Å²) in [5.41, 5.74) is 6.03. The summed E-state index contributed by atoms with van der Waals surface area (Å²) in [7, 11) is 0. The van der Waals surface area contributed by atoms with Gasteiger partial charge < -0.3 is 14.0 Å². The highest BCUT2D eigenvalue weighted by Crippen LogP contribution is 2.31. The number of amides is 1. The summed E-state index contributed by atoms with van der Waals surface area (Å²) in [5, 5.41) is 5.28. The highest BCUT2D eigenvalue weighted by molar-refractivity contribution is 6.34. The van der Waals surface area contributed by atoms with E-state index >= 15 is 0 Å². The van der Waals surface area contributed by atoms with Crippen molar-refractivity contribution in [3.8, 4) is 17.2 Å². The fourth-order valence-corrected chi connectivity index (χ4v) is 3.70. The molecule has 0 saturated heterocycles. The molecule has 0 spiro atoms. The molecular weight excluding hydrogens is 425 g/mol. The minimum Gasteiger partial charge on any atom is -0.485 e. The number of rotatable bonds is 4. The van der Waals surface area contributed by atoms with Crippen LogP contribution in [-0.2, 0) is 4.79 Å². The molecule has 8 heteroatoms. The van der Waals surface area contributed by atoms with Crippen LogP contribution < -0.4 is 14.9 Å². The maximum Gasteiger partial charge on any atom is 0.284 e. The lowest BCUT2D eigenvalue weighted by Crippen LogP contribution is -2.42. The standard InChI is InChI=1S/C22H19Cl2N3O3/c1-13-9-15(14(2)27(13)18-10-16(23)7-8-17(18)24)11-25-26-22(28)21-12-29-19-5-3-4-6-20(19)30-21/h3-11,21H,12H2,1-2H3,(H,26,28)/b25-11-/t21-/m1/s1. The summed E-state index contributed by atoms with van der Waals surface area (Å²) in [5.74, 6) is 0.777. The van der Waals surface area contributed by atoms with Gasteiger partial charge in [0.15, 0.2) is 11.5 Å². The Morgan fingerprint density at radius 2 is 1.93 bits per heavy atom. The maximum absolute atomic E-state index is 12.4. The van der Waals surface area contributed by atoms with E-state index < -0.39 is 6.10 Å². The Morgan fingerprint density at radius 1 is 1.17 bits per heavy atom. The van der Waals surface area contributed by atoms with Crippen LogP contribution in [0.15, 0.2) is 53.6 Å². The fourth-order valence-electron chi connectivity index (χ4n) is 3.33. The average molecular weight is 444 g/mol. The van der Waals surface area contributed by atoms with E-state index in [1.165, 1.54) is 0 Å². The first-order valence-electron chi connectivity index (χ1n) is 9.30. The van der Waals surface area contributed by atoms with Crippen molar-refractivity contribution in [1.29, 1.82) is 0 Å². The Labute approximate surface area is 184 Å². The van der Waals surface area contributed by atoms with Crippen molar-refractivity contribution in [2.75, 3.05) is 6.61 Å². The number of aryl methyl sites for hydroxylation is 1. The summed E-state index contributed by atoms with van der Waals surface area (Å²) in [6, 6.07) is 14.5. The number of para-hydroxylation sites is 2. The maximum atomic E-state index is 12.4. The van der Waals surface area contributed by atoms with E-state index in [0.29, 0.717) is 21.5 Å². The molecule has 2 heterocycles. The molecule has 30 heavy (non-hydrogen) atoms. The second-order valence-electron chi connectivity index (χ2n) is 6.86. The van der Waals surface area contributed by atoms with Gasteiger partial charge in [0, 0.05) is 22.0 Å². The van der Waals surface area contributed by atoms with Gasteiger partial charge in [-0.25, -0.2) is 5.43 Å². The lowest BCUT2D eigenvalue weighted by Gasteiger charge is -2.24. The van der Waals surface area contributed by atoms with E-state index in [0.717, 1.165) is 22.6 Å². The van der Waals surface area contributed by atoms with Crippen LogP contribution in [0.2, 0.25) is 10.0 Å². The molecule has 0 aliphatic carbocycles. The van der Waals surface area contributed by atoms with Crippen LogP contribution in [0.1, 0.15) is 17.0 Å². The van der Waals surface area contributed by atoms with E-state index in [4.69, 9.17) is 32.7 Å². The van der Waals surface area contributed by atoms with Crippen molar-refractivity contribution >= 4 is 35.3 Å². The number of aromatic nitrogens is 1. The van der Waals surface area contributed by atoms with E-state index in [-0.39, 0.29) is 12.5 Å². The lowest BCUT2D eigenvalue weighted by molar-refractivity contribution is -0.130. The fraction of sp³-hybridized carbons (Fsp3) is 0.182. The number of halogens is 2. The van der Waals surface area contributed by atoms with Crippen LogP contribution in [0.3, 0.4) is 0 Å². The number of ether oxygens (including phenoxy) is 2. The van der Waals surface area contributed by atoms with Gasteiger partial charge in [-0.15, -0.1) is 0 Å². The monoisotopic (exact) mass is 443 g/mol. The quantitative estimate of drug-likeness (QED) is 0.469. The molecule has 1 N–H and O–H groups in total. The predicted molar refractivity (Wildman–Crippen MR) is 117 cm³/mol.